The van der Waals surface area contributed by atoms with Crippen LogP contribution in [0.15, 0.2) is 11.0 Å². The lowest BCUT2D eigenvalue weighted by Gasteiger charge is -2.43. The molecule has 0 amide bonds. The molecule has 1 spiro atoms. The molecule has 120 valence electrons. The Hall–Kier alpha value is -0.170. The summed E-state index contributed by atoms with van der Waals surface area (Å²) in [6, 6.07) is 1.56. The second-order valence-electron chi connectivity index (χ2n) is 5.00. The Balaban J connectivity index is 2.16. The molecular formula is C14H13Cl3O4S. The third-order valence-corrected chi connectivity index (χ3v) is 6.15. The highest BCUT2D eigenvalue weighted by Gasteiger charge is 2.49. The molecule has 1 atom stereocenters. The molecule has 0 bridgehead atoms. The number of carbonyl (C=O) groups excluding carboxylic acids is 1. The fourth-order valence-electron chi connectivity index (χ4n) is 2.66. The molecule has 1 unspecified atom stereocenters. The first kappa shape index (κ1) is 16.7. The van der Waals surface area contributed by atoms with Crippen molar-refractivity contribution in [3.05, 3.63) is 26.7 Å². The molecule has 2 aliphatic rings. The van der Waals surface area contributed by atoms with Crippen molar-refractivity contribution in [1.82, 2.24) is 0 Å². The van der Waals surface area contributed by atoms with Gasteiger partial charge in [-0.1, -0.05) is 34.8 Å². The summed E-state index contributed by atoms with van der Waals surface area (Å²) in [5.74, 6) is -1.46. The average Bonchev–Trinajstić information content (AvgIpc) is 2.52. The molecule has 0 aliphatic carbocycles. The van der Waals surface area contributed by atoms with E-state index in [-0.39, 0.29) is 5.97 Å². The quantitative estimate of drug-likeness (QED) is 0.535. The zero-order chi connectivity index (χ0) is 15.9. The van der Waals surface area contributed by atoms with Gasteiger partial charge in [0.25, 0.3) is 0 Å². The second-order valence-corrected chi connectivity index (χ2v) is 7.40. The Morgan fingerprint density at radius 1 is 1.32 bits per heavy atom. The minimum absolute atomic E-state index is 0.299. The molecule has 8 heteroatoms. The molecule has 1 aromatic carbocycles. The molecule has 1 aromatic rings. The number of carbonyl (C=O) groups is 1. The standard InChI is InChI=1S/C14H13Cl3O4S/c1-19-13(18)9-6-14(20-3-2-4-21-14)10-11(17)7(15)5-8(16)12(10)22-9/h5,9H,2-4,6H2,1H3. The summed E-state index contributed by atoms with van der Waals surface area (Å²) in [7, 11) is 1.35. The maximum atomic E-state index is 12.0. The molecule has 0 saturated carbocycles. The predicted molar refractivity (Wildman–Crippen MR) is 85.9 cm³/mol. The van der Waals surface area contributed by atoms with Gasteiger partial charge in [-0.2, -0.15) is 0 Å². The molecule has 0 N–H and O–H groups in total. The van der Waals surface area contributed by atoms with Crippen molar-refractivity contribution in [1.29, 1.82) is 0 Å². The molecule has 1 fully saturated rings. The van der Waals surface area contributed by atoms with E-state index in [1.807, 2.05) is 0 Å². The van der Waals surface area contributed by atoms with Crippen LogP contribution in [0.1, 0.15) is 18.4 Å². The minimum Gasteiger partial charge on any atom is -0.468 e. The molecule has 2 heterocycles. The number of hydrogen-bond acceptors (Lipinski definition) is 5. The number of fused-ring (bicyclic) bond motifs is 2. The van der Waals surface area contributed by atoms with Gasteiger partial charge >= 0.3 is 5.97 Å². The van der Waals surface area contributed by atoms with Crippen LogP contribution in [-0.2, 0) is 24.8 Å². The second kappa shape index (κ2) is 6.38. The van der Waals surface area contributed by atoms with Gasteiger partial charge in [0.2, 0.25) is 0 Å². The molecular weight excluding hydrogens is 371 g/mol. The third-order valence-electron chi connectivity index (χ3n) is 3.64. The number of thioether (sulfide) groups is 1. The van der Waals surface area contributed by atoms with Crippen molar-refractivity contribution in [2.24, 2.45) is 0 Å². The van der Waals surface area contributed by atoms with Crippen LogP contribution < -0.4 is 0 Å². The summed E-state index contributed by atoms with van der Waals surface area (Å²) in [6.45, 7) is 1.02. The van der Waals surface area contributed by atoms with E-state index in [4.69, 9.17) is 49.0 Å². The van der Waals surface area contributed by atoms with Crippen LogP contribution in [0.3, 0.4) is 0 Å². The van der Waals surface area contributed by atoms with Crippen LogP contribution in [0.25, 0.3) is 0 Å². The van der Waals surface area contributed by atoms with Gasteiger partial charge < -0.3 is 14.2 Å². The van der Waals surface area contributed by atoms with Crippen molar-refractivity contribution in [3.8, 4) is 0 Å². The van der Waals surface area contributed by atoms with E-state index in [9.17, 15) is 4.79 Å². The van der Waals surface area contributed by atoms with Crippen LogP contribution in [-0.4, -0.2) is 31.5 Å². The van der Waals surface area contributed by atoms with Crippen LogP contribution in [0.4, 0.5) is 0 Å². The Bertz CT molecular complexity index is 617. The van der Waals surface area contributed by atoms with E-state index in [0.717, 1.165) is 6.42 Å². The van der Waals surface area contributed by atoms with E-state index in [1.54, 1.807) is 6.07 Å². The summed E-state index contributed by atoms with van der Waals surface area (Å²) in [5.41, 5.74) is 0.608. The van der Waals surface area contributed by atoms with Crippen molar-refractivity contribution < 1.29 is 19.0 Å². The number of methoxy groups -OCH3 is 1. The molecule has 22 heavy (non-hydrogen) atoms. The van der Waals surface area contributed by atoms with Crippen LogP contribution in [0.5, 0.6) is 0 Å². The maximum absolute atomic E-state index is 12.0. The molecule has 2 aliphatic heterocycles. The fourth-order valence-corrected chi connectivity index (χ4v) is 4.94. The number of ether oxygens (including phenoxy) is 3. The SMILES string of the molecule is COC(=O)C1CC2(OCCCO2)c2c(Cl)c(Cl)cc(Cl)c2S1. The largest absolute Gasteiger partial charge is 0.468 e. The van der Waals surface area contributed by atoms with E-state index < -0.39 is 11.0 Å². The molecule has 0 aromatic heterocycles. The number of hydrogen-bond donors (Lipinski definition) is 0. The predicted octanol–water partition coefficient (Wildman–Crippen LogP) is 4.27. The average molecular weight is 384 g/mol. The number of esters is 1. The number of halogens is 3. The molecule has 0 radical (unpaired) electrons. The zero-order valence-corrected chi connectivity index (χ0v) is 14.7. The van der Waals surface area contributed by atoms with Crippen LogP contribution in [0, 0.1) is 0 Å². The first-order chi connectivity index (χ1) is 10.5. The van der Waals surface area contributed by atoms with E-state index in [1.165, 1.54) is 18.9 Å². The molecule has 3 rings (SSSR count). The normalized spacial score (nSPS) is 23.2. The van der Waals surface area contributed by atoms with Crippen LogP contribution >= 0.6 is 46.6 Å². The van der Waals surface area contributed by atoms with Crippen molar-refractivity contribution in [2.45, 2.75) is 28.8 Å². The van der Waals surface area contributed by atoms with Gasteiger partial charge in [0.15, 0.2) is 5.79 Å². The smallest absolute Gasteiger partial charge is 0.319 e. The Labute approximate surface area is 147 Å². The third kappa shape index (κ3) is 2.72. The van der Waals surface area contributed by atoms with Gasteiger partial charge in [-0.25, -0.2) is 0 Å². The Morgan fingerprint density at radius 3 is 2.64 bits per heavy atom. The van der Waals surface area contributed by atoms with Gasteiger partial charge in [0, 0.05) is 16.9 Å². The highest BCUT2D eigenvalue weighted by atomic mass is 35.5. The van der Waals surface area contributed by atoms with Gasteiger partial charge in [-0.05, 0) is 12.5 Å². The Kier molecular flexibility index (Phi) is 4.84. The lowest BCUT2D eigenvalue weighted by atomic mass is 9.98. The van der Waals surface area contributed by atoms with Crippen molar-refractivity contribution in [2.75, 3.05) is 20.3 Å². The number of benzene rings is 1. The van der Waals surface area contributed by atoms with E-state index >= 15 is 0 Å². The summed E-state index contributed by atoms with van der Waals surface area (Å²) < 4.78 is 16.7. The van der Waals surface area contributed by atoms with E-state index in [0.29, 0.717) is 45.2 Å². The highest BCUT2D eigenvalue weighted by Crippen LogP contribution is 2.54. The first-order valence-electron chi connectivity index (χ1n) is 6.69. The molecule has 4 nitrogen and oxygen atoms in total. The maximum Gasteiger partial charge on any atom is 0.319 e. The van der Waals surface area contributed by atoms with Gasteiger partial charge in [-0.3, -0.25) is 4.79 Å². The zero-order valence-electron chi connectivity index (χ0n) is 11.7. The van der Waals surface area contributed by atoms with Gasteiger partial charge in [0.1, 0.15) is 5.25 Å². The topological polar surface area (TPSA) is 44.8 Å². The van der Waals surface area contributed by atoms with Gasteiger partial charge in [0.05, 0.1) is 35.4 Å². The number of rotatable bonds is 1. The fraction of sp³-hybridized carbons (Fsp3) is 0.500. The lowest BCUT2D eigenvalue weighted by molar-refractivity contribution is -0.281. The first-order valence-corrected chi connectivity index (χ1v) is 8.70. The monoisotopic (exact) mass is 382 g/mol. The highest BCUT2D eigenvalue weighted by molar-refractivity contribution is 8.00. The summed E-state index contributed by atoms with van der Waals surface area (Å²) in [5, 5.41) is 0.615. The summed E-state index contributed by atoms with van der Waals surface area (Å²) in [6.07, 6.45) is 1.08. The van der Waals surface area contributed by atoms with Crippen molar-refractivity contribution >= 4 is 52.5 Å². The van der Waals surface area contributed by atoms with E-state index in [2.05, 4.69) is 0 Å². The lowest BCUT2D eigenvalue weighted by Crippen LogP contribution is -2.45. The Morgan fingerprint density at radius 2 is 2.00 bits per heavy atom. The minimum atomic E-state index is -1.11. The summed E-state index contributed by atoms with van der Waals surface area (Å²) in [4.78, 5) is 12.7. The van der Waals surface area contributed by atoms with Crippen molar-refractivity contribution in [3.63, 3.8) is 0 Å². The summed E-state index contributed by atoms with van der Waals surface area (Å²) >= 11 is 20.1. The van der Waals surface area contributed by atoms with Gasteiger partial charge in [-0.15, -0.1) is 11.8 Å². The molecule has 1 saturated heterocycles. The van der Waals surface area contributed by atoms with Crippen LogP contribution in [0.2, 0.25) is 15.1 Å².